The highest BCUT2D eigenvalue weighted by Crippen LogP contribution is 2.32. The van der Waals surface area contributed by atoms with E-state index in [-0.39, 0.29) is 23.3 Å². The zero-order valence-electron chi connectivity index (χ0n) is 15.3. The minimum atomic E-state index is -0.991. The van der Waals surface area contributed by atoms with Gasteiger partial charge in [-0.05, 0) is 44.0 Å². The first-order valence-electron chi connectivity index (χ1n) is 8.59. The van der Waals surface area contributed by atoms with Gasteiger partial charge in [-0.15, -0.1) is 0 Å². The Morgan fingerprint density at radius 3 is 2.44 bits per heavy atom. The van der Waals surface area contributed by atoms with E-state index < -0.39 is 18.0 Å². The summed E-state index contributed by atoms with van der Waals surface area (Å²) in [6.07, 6.45) is -0.236. The molecule has 27 heavy (non-hydrogen) atoms. The number of amides is 1. The van der Waals surface area contributed by atoms with E-state index in [9.17, 15) is 14.4 Å². The molecule has 0 saturated heterocycles. The molecule has 0 N–H and O–H groups in total. The largest absolute Gasteiger partial charge is 0.464 e. The molecule has 140 valence electrons. The van der Waals surface area contributed by atoms with Gasteiger partial charge in [0.15, 0.2) is 6.10 Å². The van der Waals surface area contributed by atoms with Gasteiger partial charge in [0.25, 0.3) is 5.91 Å². The Morgan fingerprint density at radius 1 is 1.07 bits per heavy atom. The first-order chi connectivity index (χ1) is 12.9. The van der Waals surface area contributed by atoms with Crippen LogP contribution in [0.4, 0.5) is 5.69 Å². The lowest BCUT2D eigenvalue weighted by Gasteiger charge is -2.25. The Labute approximate surface area is 156 Å². The number of carbonyl (C=O) groups excluding carboxylic acids is 3. The summed E-state index contributed by atoms with van der Waals surface area (Å²) in [6.45, 7) is 3.48. The van der Waals surface area contributed by atoms with Crippen molar-refractivity contribution in [2.24, 2.45) is 0 Å². The van der Waals surface area contributed by atoms with Gasteiger partial charge in [-0.3, -0.25) is 4.79 Å². The van der Waals surface area contributed by atoms with Crippen LogP contribution in [0.15, 0.2) is 42.5 Å². The molecule has 3 rings (SSSR count). The molecule has 0 radical (unpaired) electrons. The van der Waals surface area contributed by atoms with E-state index >= 15 is 0 Å². The molecule has 1 aliphatic heterocycles. The minimum Gasteiger partial charge on any atom is -0.464 e. The van der Waals surface area contributed by atoms with Crippen molar-refractivity contribution in [1.82, 2.24) is 4.98 Å². The summed E-state index contributed by atoms with van der Waals surface area (Å²) in [5.74, 6) is -1.73. The molecule has 0 saturated carbocycles. The summed E-state index contributed by atoms with van der Waals surface area (Å²) in [7, 11) is 1.23. The van der Waals surface area contributed by atoms with Gasteiger partial charge in [0.2, 0.25) is 0 Å². The number of aromatic nitrogens is 1. The van der Waals surface area contributed by atoms with Crippen LogP contribution in [-0.2, 0) is 20.7 Å². The third kappa shape index (κ3) is 3.67. The number of ether oxygens (including phenoxy) is 2. The Kier molecular flexibility index (Phi) is 5.21. The van der Waals surface area contributed by atoms with Crippen LogP contribution in [0, 0.1) is 0 Å². The number of hydrogen-bond acceptors (Lipinski definition) is 6. The Balaban J connectivity index is 1.74. The molecule has 2 aromatic rings. The van der Waals surface area contributed by atoms with Gasteiger partial charge in [0.1, 0.15) is 11.4 Å². The van der Waals surface area contributed by atoms with Crippen LogP contribution in [0.5, 0.6) is 0 Å². The molecular weight excluding hydrogens is 348 g/mol. The first-order valence-corrected chi connectivity index (χ1v) is 8.59. The molecule has 1 aliphatic rings. The molecule has 0 spiro atoms. The Hall–Kier alpha value is -3.22. The quantitative estimate of drug-likeness (QED) is 0.771. The third-order valence-electron chi connectivity index (χ3n) is 4.43. The third-order valence-corrected chi connectivity index (χ3v) is 4.43. The maximum atomic E-state index is 12.9. The number of methoxy groups -OCH3 is 1. The van der Waals surface area contributed by atoms with Crippen LogP contribution in [-0.4, -0.2) is 42.1 Å². The van der Waals surface area contributed by atoms with Crippen LogP contribution in [0.2, 0.25) is 0 Å². The standard InChI is InChI=1S/C20H20N2O5/c1-12-11-14-7-4-5-10-17(14)22(12)18(23)13(2)27-20(25)16-9-6-8-15(21-16)19(24)26-3/h4-10,12-13H,11H2,1-3H3. The highest BCUT2D eigenvalue weighted by atomic mass is 16.5. The van der Waals surface area contributed by atoms with Gasteiger partial charge in [0, 0.05) is 11.7 Å². The molecule has 0 aliphatic carbocycles. The molecular formula is C20H20N2O5. The molecule has 1 amide bonds. The summed E-state index contributed by atoms with van der Waals surface area (Å²) in [4.78, 5) is 42.4. The van der Waals surface area contributed by atoms with E-state index in [2.05, 4.69) is 9.72 Å². The molecule has 7 nitrogen and oxygen atoms in total. The topological polar surface area (TPSA) is 85.8 Å². The second-order valence-corrected chi connectivity index (χ2v) is 6.34. The number of hydrogen-bond donors (Lipinski definition) is 0. The van der Waals surface area contributed by atoms with E-state index in [1.165, 1.54) is 32.2 Å². The maximum absolute atomic E-state index is 12.9. The van der Waals surface area contributed by atoms with Crippen molar-refractivity contribution in [3.8, 4) is 0 Å². The lowest BCUT2D eigenvalue weighted by atomic mass is 10.1. The average molecular weight is 368 g/mol. The van der Waals surface area contributed by atoms with Crippen molar-refractivity contribution >= 4 is 23.5 Å². The zero-order valence-corrected chi connectivity index (χ0v) is 15.3. The van der Waals surface area contributed by atoms with Gasteiger partial charge >= 0.3 is 11.9 Å². The number of anilines is 1. The Bertz CT molecular complexity index is 895. The Morgan fingerprint density at radius 2 is 1.74 bits per heavy atom. The van der Waals surface area contributed by atoms with Crippen molar-refractivity contribution in [1.29, 1.82) is 0 Å². The number of rotatable bonds is 4. The van der Waals surface area contributed by atoms with Gasteiger partial charge in [0.05, 0.1) is 7.11 Å². The number of esters is 2. The summed E-state index contributed by atoms with van der Waals surface area (Å²) in [5, 5.41) is 0. The second-order valence-electron chi connectivity index (χ2n) is 6.34. The van der Waals surface area contributed by atoms with Crippen molar-refractivity contribution in [3.63, 3.8) is 0 Å². The lowest BCUT2D eigenvalue weighted by Crippen LogP contribution is -2.43. The van der Waals surface area contributed by atoms with Crippen molar-refractivity contribution in [3.05, 3.63) is 59.4 Å². The van der Waals surface area contributed by atoms with E-state index in [1.54, 1.807) is 4.90 Å². The van der Waals surface area contributed by atoms with Crippen LogP contribution in [0.1, 0.15) is 40.4 Å². The van der Waals surface area contributed by atoms with Crippen LogP contribution >= 0.6 is 0 Å². The molecule has 1 aromatic carbocycles. The highest BCUT2D eigenvalue weighted by Gasteiger charge is 2.34. The van der Waals surface area contributed by atoms with Crippen molar-refractivity contribution in [2.45, 2.75) is 32.4 Å². The number of nitrogens with zero attached hydrogens (tertiary/aromatic N) is 2. The number of para-hydroxylation sites is 1. The zero-order chi connectivity index (χ0) is 19.6. The summed E-state index contributed by atoms with van der Waals surface area (Å²) < 4.78 is 9.89. The molecule has 0 bridgehead atoms. The molecule has 2 atom stereocenters. The molecule has 7 heteroatoms. The second kappa shape index (κ2) is 7.57. The van der Waals surface area contributed by atoms with Gasteiger partial charge in [-0.25, -0.2) is 14.6 Å². The number of fused-ring (bicyclic) bond motifs is 1. The summed E-state index contributed by atoms with van der Waals surface area (Å²) in [6, 6.07) is 12.0. The SMILES string of the molecule is COC(=O)c1cccc(C(=O)OC(C)C(=O)N2c3ccccc3CC2C)n1. The van der Waals surface area contributed by atoms with Crippen LogP contribution in [0.25, 0.3) is 0 Å². The fourth-order valence-electron chi connectivity index (χ4n) is 3.14. The molecule has 0 fully saturated rings. The van der Waals surface area contributed by atoms with E-state index in [4.69, 9.17) is 4.74 Å². The summed E-state index contributed by atoms with van der Waals surface area (Å²) in [5.41, 5.74) is 1.86. The predicted molar refractivity (Wildman–Crippen MR) is 97.5 cm³/mol. The van der Waals surface area contributed by atoms with Gasteiger partial charge in [-0.2, -0.15) is 0 Å². The predicted octanol–water partition coefficient (Wildman–Crippen LogP) is 2.39. The normalized spacial score (nSPS) is 16.4. The van der Waals surface area contributed by atoms with E-state index in [0.29, 0.717) is 0 Å². The minimum absolute atomic E-state index is 0.00646. The fraction of sp³-hybridized carbons (Fsp3) is 0.300. The maximum Gasteiger partial charge on any atom is 0.357 e. The lowest BCUT2D eigenvalue weighted by molar-refractivity contribution is -0.126. The fourth-order valence-corrected chi connectivity index (χ4v) is 3.14. The molecule has 1 aromatic heterocycles. The number of pyridine rings is 1. The first kappa shape index (κ1) is 18.6. The molecule has 2 heterocycles. The highest BCUT2D eigenvalue weighted by molar-refractivity contribution is 6.00. The average Bonchev–Trinajstić information content (AvgIpc) is 3.02. The van der Waals surface area contributed by atoms with E-state index in [1.807, 2.05) is 31.2 Å². The summed E-state index contributed by atoms with van der Waals surface area (Å²) >= 11 is 0. The number of benzene rings is 1. The number of carbonyl (C=O) groups is 3. The van der Waals surface area contributed by atoms with Crippen LogP contribution in [0.3, 0.4) is 0 Å². The molecule has 2 unspecified atom stereocenters. The smallest absolute Gasteiger partial charge is 0.357 e. The van der Waals surface area contributed by atoms with E-state index in [0.717, 1.165) is 17.7 Å². The van der Waals surface area contributed by atoms with Crippen LogP contribution < -0.4 is 4.90 Å². The monoisotopic (exact) mass is 368 g/mol. The van der Waals surface area contributed by atoms with Gasteiger partial charge in [-0.1, -0.05) is 24.3 Å². The van der Waals surface area contributed by atoms with Crippen molar-refractivity contribution in [2.75, 3.05) is 12.0 Å². The van der Waals surface area contributed by atoms with Gasteiger partial charge < -0.3 is 14.4 Å². The van der Waals surface area contributed by atoms with Crippen molar-refractivity contribution < 1.29 is 23.9 Å².